The van der Waals surface area contributed by atoms with Gasteiger partial charge >= 0.3 is 0 Å². The molecule has 2 saturated heterocycles. The lowest BCUT2D eigenvalue weighted by Gasteiger charge is -2.29. The van der Waals surface area contributed by atoms with Crippen LogP contribution in [0.1, 0.15) is 36.0 Å². The second-order valence-electron chi connectivity index (χ2n) is 10.8. The van der Waals surface area contributed by atoms with Gasteiger partial charge in [-0.1, -0.05) is 23.7 Å². The van der Waals surface area contributed by atoms with Crippen molar-refractivity contribution < 1.29 is 14.3 Å². The normalized spacial score (nSPS) is 18.5. The van der Waals surface area contributed by atoms with Crippen LogP contribution in [0.2, 0.25) is 5.02 Å². The molecule has 0 spiro atoms. The SMILES string of the molecule is O=C(c1cc(Nc2ccc(Cl)cc2)nc2ccc(-c3ccc4c(c3)OCO4)cc12)N1CCC[C@H]1CN1CCCC1. The molecular weight excluding hydrogens is 524 g/mol. The molecule has 8 heteroatoms. The first-order valence-corrected chi connectivity index (χ1v) is 14.4. The standard InChI is InChI=1S/C32H31ClN4O3/c33-23-7-9-24(10-8-23)34-31-18-27(32(38)37-15-3-4-25(37)19-36-13-1-2-14-36)26-16-21(5-11-28(26)35-31)22-6-12-29-30(17-22)40-20-39-29/h5-12,16-18,25H,1-4,13-15,19-20H2,(H,34,35)/t25-/m0/s1. The Bertz CT molecular complexity index is 1570. The van der Waals surface area contributed by atoms with Crippen LogP contribution in [0.25, 0.3) is 22.0 Å². The number of rotatable bonds is 6. The van der Waals surface area contributed by atoms with Crippen LogP contribution in [-0.4, -0.2) is 59.7 Å². The van der Waals surface area contributed by atoms with Crippen molar-refractivity contribution in [2.75, 3.05) is 38.3 Å². The molecule has 0 unspecified atom stereocenters. The Morgan fingerprint density at radius 1 is 0.900 bits per heavy atom. The predicted octanol–water partition coefficient (Wildman–Crippen LogP) is 6.73. The van der Waals surface area contributed by atoms with E-state index in [9.17, 15) is 4.79 Å². The summed E-state index contributed by atoms with van der Waals surface area (Å²) in [5.74, 6) is 2.18. The van der Waals surface area contributed by atoms with Crippen molar-refractivity contribution in [1.29, 1.82) is 0 Å². The highest BCUT2D eigenvalue weighted by molar-refractivity contribution is 6.30. The topological polar surface area (TPSA) is 66.9 Å². The second kappa shape index (κ2) is 10.6. The number of amides is 1. The van der Waals surface area contributed by atoms with Crippen LogP contribution in [-0.2, 0) is 0 Å². The number of pyridine rings is 1. The fourth-order valence-electron chi connectivity index (χ4n) is 6.11. The van der Waals surface area contributed by atoms with Crippen molar-refractivity contribution in [3.8, 4) is 22.6 Å². The molecular formula is C32H31ClN4O3. The number of hydrogen-bond acceptors (Lipinski definition) is 6. The lowest BCUT2D eigenvalue weighted by atomic mass is 9.99. The van der Waals surface area contributed by atoms with Gasteiger partial charge in [0.2, 0.25) is 6.79 Å². The van der Waals surface area contributed by atoms with Gasteiger partial charge in [-0.25, -0.2) is 4.98 Å². The molecule has 7 rings (SSSR count). The van der Waals surface area contributed by atoms with Gasteiger partial charge in [0.25, 0.3) is 5.91 Å². The molecule has 1 amide bonds. The molecule has 1 aromatic heterocycles. The molecule has 40 heavy (non-hydrogen) atoms. The highest BCUT2D eigenvalue weighted by atomic mass is 35.5. The van der Waals surface area contributed by atoms with Crippen LogP contribution in [0.3, 0.4) is 0 Å². The Balaban J connectivity index is 1.28. The zero-order valence-electron chi connectivity index (χ0n) is 22.2. The predicted molar refractivity (Wildman–Crippen MR) is 158 cm³/mol. The maximum atomic E-state index is 14.3. The average Bonchev–Trinajstić information content (AvgIpc) is 3.76. The quantitative estimate of drug-likeness (QED) is 0.285. The number of nitrogens with one attached hydrogen (secondary N) is 1. The summed E-state index contributed by atoms with van der Waals surface area (Å²) >= 11 is 6.09. The number of likely N-dealkylation sites (tertiary alicyclic amines) is 2. The van der Waals surface area contributed by atoms with Crippen LogP contribution < -0.4 is 14.8 Å². The zero-order valence-corrected chi connectivity index (χ0v) is 23.0. The summed E-state index contributed by atoms with van der Waals surface area (Å²) in [6, 6.07) is 21.7. The zero-order chi connectivity index (χ0) is 27.1. The van der Waals surface area contributed by atoms with E-state index in [0.717, 1.165) is 78.2 Å². The molecule has 7 nitrogen and oxygen atoms in total. The summed E-state index contributed by atoms with van der Waals surface area (Å²) in [6.45, 7) is 4.22. The number of nitrogens with zero attached hydrogens (tertiary/aromatic N) is 3. The van der Waals surface area contributed by atoms with Gasteiger partial charge in [0, 0.05) is 35.2 Å². The number of halogens is 1. The molecule has 2 fully saturated rings. The van der Waals surface area contributed by atoms with E-state index in [1.54, 1.807) is 0 Å². The lowest BCUT2D eigenvalue weighted by Crippen LogP contribution is -2.42. The van der Waals surface area contributed by atoms with E-state index >= 15 is 0 Å². The van der Waals surface area contributed by atoms with Gasteiger partial charge in [-0.3, -0.25) is 4.79 Å². The van der Waals surface area contributed by atoms with Crippen molar-refractivity contribution in [3.05, 3.63) is 77.3 Å². The molecule has 4 aromatic rings. The molecule has 1 atom stereocenters. The fraction of sp³-hybridized carbons (Fsp3) is 0.312. The van der Waals surface area contributed by atoms with E-state index in [2.05, 4.69) is 21.2 Å². The maximum absolute atomic E-state index is 14.3. The summed E-state index contributed by atoms with van der Waals surface area (Å²) in [6.07, 6.45) is 4.57. The molecule has 3 aliphatic heterocycles. The fourth-order valence-corrected chi connectivity index (χ4v) is 6.24. The third-order valence-corrected chi connectivity index (χ3v) is 8.42. The van der Waals surface area contributed by atoms with Crippen LogP contribution in [0, 0.1) is 0 Å². The monoisotopic (exact) mass is 554 g/mol. The van der Waals surface area contributed by atoms with E-state index in [1.165, 1.54) is 12.8 Å². The van der Waals surface area contributed by atoms with E-state index < -0.39 is 0 Å². The minimum atomic E-state index is 0.0658. The van der Waals surface area contributed by atoms with Gasteiger partial charge in [0.05, 0.1) is 11.1 Å². The van der Waals surface area contributed by atoms with E-state index in [4.69, 9.17) is 26.1 Å². The smallest absolute Gasteiger partial charge is 0.254 e. The number of fused-ring (bicyclic) bond motifs is 2. The Kier molecular flexibility index (Phi) is 6.69. The third kappa shape index (κ3) is 4.95. The molecule has 0 radical (unpaired) electrons. The Morgan fingerprint density at radius 3 is 2.52 bits per heavy atom. The number of anilines is 2. The van der Waals surface area contributed by atoms with Crippen molar-refractivity contribution in [2.45, 2.75) is 31.7 Å². The van der Waals surface area contributed by atoms with E-state index in [1.807, 2.05) is 60.7 Å². The summed E-state index contributed by atoms with van der Waals surface area (Å²) in [4.78, 5) is 23.8. The maximum Gasteiger partial charge on any atom is 0.254 e. The molecule has 204 valence electrons. The van der Waals surface area contributed by atoms with Gasteiger partial charge in [-0.05, 0) is 104 Å². The second-order valence-corrected chi connectivity index (χ2v) is 11.2. The van der Waals surface area contributed by atoms with Crippen LogP contribution in [0.15, 0.2) is 66.7 Å². The number of carbonyl (C=O) groups excluding carboxylic acids is 1. The van der Waals surface area contributed by atoms with E-state index in [-0.39, 0.29) is 18.7 Å². The van der Waals surface area contributed by atoms with Crippen LogP contribution >= 0.6 is 11.6 Å². The molecule has 1 N–H and O–H groups in total. The van der Waals surface area contributed by atoms with Gasteiger partial charge in [-0.15, -0.1) is 0 Å². The Hall–Kier alpha value is -3.81. The lowest BCUT2D eigenvalue weighted by molar-refractivity contribution is 0.0710. The van der Waals surface area contributed by atoms with Crippen molar-refractivity contribution in [1.82, 2.24) is 14.8 Å². The highest BCUT2D eigenvalue weighted by Gasteiger charge is 2.32. The molecule has 4 heterocycles. The minimum absolute atomic E-state index is 0.0658. The summed E-state index contributed by atoms with van der Waals surface area (Å²) in [5, 5.41) is 4.88. The highest BCUT2D eigenvalue weighted by Crippen LogP contribution is 2.37. The Morgan fingerprint density at radius 2 is 1.68 bits per heavy atom. The van der Waals surface area contributed by atoms with Gasteiger partial charge in [0.1, 0.15) is 5.82 Å². The average molecular weight is 555 g/mol. The number of ether oxygens (including phenoxy) is 2. The summed E-state index contributed by atoms with van der Waals surface area (Å²) in [7, 11) is 0. The van der Waals surface area contributed by atoms with Gasteiger partial charge in [0.15, 0.2) is 11.5 Å². The first kappa shape index (κ1) is 25.2. The number of benzene rings is 3. The van der Waals surface area contributed by atoms with Crippen LogP contribution in [0.4, 0.5) is 11.5 Å². The summed E-state index contributed by atoms with van der Waals surface area (Å²) in [5.41, 5.74) is 4.29. The molecule has 3 aliphatic rings. The molecule has 3 aromatic carbocycles. The molecule has 0 aliphatic carbocycles. The third-order valence-electron chi connectivity index (χ3n) is 8.17. The Labute approximate surface area is 238 Å². The molecule has 0 bridgehead atoms. The molecule has 0 saturated carbocycles. The van der Waals surface area contributed by atoms with Gasteiger partial charge in [-0.2, -0.15) is 0 Å². The summed E-state index contributed by atoms with van der Waals surface area (Å²) < 4.78 is 11.1. The minimum Gasteiger partial charge on any atom is -0.454 e. The largest absolute Gasteiger partial charge is 0.454 e. The number of aromatic nitrogens is 1. The van der Waals surface area contributed by atoms with Crippen molar-refractivity contribution in [3.63, 3.8) is 0 Å². The first-order chi connectivity index (χ1) is 19.6. The number of carbonyl (C=O) groups is 1. The van der Waals surface area contributed by atoms with Crippen LogP contribution in [0.5, 0.6) is 11.5 Å². The van der Waals surface area contributed by atoms with Crippen molar-refractivity contribution >= 4 is 39.9 Å². The van der Waals surface area contributed by atoms with E-state index in [0.29, 0.717) is 16.4 Å². The first-order valence-electron chi connectivity index (χ1n) is 14.0. The number of hydrogen-bond donors (Lipinski definition) is 1. The van der Waals surface area contributed by atoms with Crippen molar-refractivity contribution in [2.24, 2.45) is 0 Å². The van der Waals surface area contributed by atoms with Gasteiger partial charge < -0.3 is 24.6 Å².